The molecule has 1 heterocycles. The molecule has 0 radical (unpaired) electrons. The molecule has 2 aromatic rings. The molecule has 0 spiro atoms. The number of H-pyrrole nitrogens is 1. The van der Waals surface area contributed by atoms with Gasteiger partial charge in [-0.15, -0.1) is 5.10 Å². The molecule has 0 saturated heterocycles. The molecule has 7 heteroatoms. The van der Waals surface area contributed by atoms with Crippen molar-refractivity contribution >= 4 is 17.6 Å². The molecule has 0 aliphatic carbocycles. The molecule has 21 heavy (non-hydrogen) atoms. The molecule has 0 atom stereocenters. The average molecular weight is 288 g/mol. The molecule has 110 valence electrons. The van der Waals surface area contributed by atoms with Crippen molar-refractivity contribution in [2.75, 3.05) is 5.32 Å². The van der Waals surface area contributed by atoms with Gasteiger partial charge in [0.25, 0.3) is 5.91 Å². The number of carbonyl (C=O) groups excluding carboxylic acids is 1. The van der Waals surface area contributed by atoms with Crippen LogP contribution in [0.4, 0.5) is 5.69 Å². The highest BCUT2D eigenvalue weighted by Gasteiger charge is 2.12. The Morgan fingerprint density at radius 3 is 2.90 bits per heavy atom. The number of aliphatic carboxylic acids is 1. The third-order valence-electron chi connectivity index (χ3n) is 2.76. The van der Waals surface area contributed by atoms with Crippen molar-refractivity contribution in [2.24, 2.45) is 0 Å². The summed E-state index contributed by atoms with van der Waals surface area (Å²) in [6.07, 6.45) is 1.55. The molecule has 7 nitrogen and oxygen atoms in total. The van der Waals surface area contributed by atoms with Crippen LogP contribution in [0.5, 0.6) is 0 Å². The van der Waals surface area contributed by atoms with Crippen molar-refractivity contribution in [2.45, 2.75) is 26.2 Å². The molecular weight excluding hydrogens is 272 g/mol. The molecule has 0 fully saturated rings. The molecule has 2 rings (SSSR count). The summed E-state index contributed by atoms with van der Waals surface area (Å²) in [5.41, 5.74) is 1.13. The number of carboxylic acid groups (broad SMARTS) is 1. The summed E-state index contributed by atoms with van der Waals surface area (Å²) in [5, 5.41) is 18.0. The molecule has 1 amide bonds. The van der Waals surface area contributed by atoms with Crippen molar-refractivity contribution < 1.29 is 14.7 Å². The topological polar surface area (TPSA) is 108 Å². The summed E-state index contributed by atoms with van der Waals surface area (Å²) in [6.45, 7) is 2.01. The molecule has 0 saturated carbocycles. The van der Waals surface area contributed by atoms with Gasteiger partial charge in [-0.2, -0.15) is 0 Å². The summed E-state index contributed by atoms with van der Waals surface area (Å²) in [6, 6.07) is 6.68. The molecule has 1 aromatic carbocycles. The van der Waals surface area contributed by atoms with Crippen LogP contribution >= 0.6 is 0 Å². The number of nitrogens with zero attached hydrogens (tertiary/aromatic N) is 2. The van der Waals surface area contributed by atoms with E-state index < -0.39 is 11.9 Å². The molecule has 0 unspecified atom stereocenters. The van der Waals surface area contributed by atoms with E-state index in [1.54, 1.807) is 24.3 Å². The minimum absolute atomic E-state index is 0.0714. The van der Waals surface area contributed by atoms with Crippen LogP contribution < -0.4 is 5.32 Å². The molecular formula is C14H16N4O3. The van der Waals surface area contributed by atoms with Gasteiger partial charge >= 0.3 is 5.97 Å². The number of amides is 1. The Hall–Kier alpha value is -2.70. The lowest BCUT2D eigenvalue weighted by Gasteiger charge is -2.04. The minimum atomic E-state index is -0.920. The Morgan fingerprint density at radius 2 is 2.19 bits per heavy atom. The minimum Gasteiger partial charge on any atom is -0.481 e. The van der Waals surface area contributed by atoms with Crippen molar-refractivity contribution in [3.05, 3.63) is 41.5 Å². The maximum atomic E-state index is 12.0. The lowest BCUT2D eigenvalue weighted by Crippen LogP contribution is -2.14. The van der Waals surface area contributed by atoms with E-state index in [0.29, 0.717) is 17.1 Å². The Bertz CT molecular complexity index is 651. The van der Waals surface area contributed by atoms with Gasteiger partial charge in [0.05, 0.1) is 6.42 Å². The molecule has 0 aliphatic heterocycles. The molecule has 1 aromatic heterocycles. The van der Waals surface area contributed by atoms with E-state index in [-0.39, 0.29) is 12.2 Å². The number of carboxylic acids is 1. The van der Waals surface area contributed by atoms with E-state index in [4.69, 9.17) is 5.11 Å². The van der Waals surface area contributed by atoms with Crippen LogP contribution in [0.3, 0.4) is 0 Å². The van der Waals surface area contributed by atoms with Gasteiger partial charge in [-0.25, -0.2) is 4.98 Å². The highest BCUT2D eigenvalue weighted by molar-refractivity contribution is 6.01. The fourth-order valence-electron chi connectivity index (χ4n) is 1.87. The second kappa shape index (κ2) is 6.65. The Labute approximate surface area is 121 Å². The van der Waals surface area contributed by atoms with Gasteiger partial charge in [0, 0.05) is 12.1 Å². The quantitative estimate of drug-likeness (QED) is 0.748. The van der Waals surface area contributed by atoms with E-state index in [2.05, 4.69) is 20.5 Å². The van der Waals surface area contributed by atoms with Crippen LogP contribution in [0.25, 0.3) is 0 Å². The predicted molar refractivity (Wildman–Crippen MR) is 76.1 cm³/mol. The van der Waals surface area contributed by atoms with Gasteiger partial charge in [0.2, 0.25) is 5.82 Å². The first-order chi connectivity index (χ1) is 10.1. The second-order valence-electron chi connectivity index (χ2n) is 4.58. The standard InChI is InChI=1S/C14H16N4O3/c1-2-4-11-16-13(18-17-11)14(21)15-10-6-3-5-9(7-10)8-12(19)20/h3,5-7H,2,4,8H2,1H3,(H,15,21)(H,19,20)(H,16,17,18). The zero-order valence-electron chi connectivity index (χ0n) is 11.6. The van der Waals surface area contributed by atoms with Gasteiger partial charge in [-0.1, -0.05) is 19.1 Å². The number of aromatic nitrogens is 3. The van der Waals surface area contributed by atoms with Crippen LogP contribution in [-0.2, 0) is 17.6 Å². The number of carbonyl (C=O) groups is 2. The first-order valence-electron chi connectivity index (χ1n) is 6.62. The van der Waals surface area contributed by atoms with E-state index in [1.165, 1.54) is 0 Å². The van der Waals surface area contributed by atoms with Gasteiger partial charge < -0.3 is 10.4 Å². The van der Waals surface area contributed by atoms with Gasteiger partial charge in [0.15, 0.2) is 0 Å². The fourth-order valence-corrected chi connectivity index (χ4v) is 1.87. The largest absolute Gasteiger partial charge is 0.481 e. The Kier molecular flexibility index (Phi) is 4.65. The van der Waals surface area contributed by atoms with E-state index >= 15 is 0 Å². The van der Waals surface area contributed by atoms with E-state index in [9.17, 15) is 9.59 Å². The Morgan fingerprint density at radius 1 is 1.38 bits per heavy atom. The third kappa shape index (κ3) is 4.13. The monoisotopic (exact) mass is 288 g/mol. The fraction of sp³-hybridized carbons (Fsp3) is 0.286. The number of aromatic amines is 1. The number of nitrogens with one attached hydrogen (secondary N) is 2. The average Bonchev–Trinajstić information content (AvgIpc) is 2.87. The van der Waals surface area contributed by atoms with Crippen molar-refractivity contribution in [1.82, 2.24) is 15.2 Å². The Balaban J connectivity index is 2.06. The highest BCUT2D eigenvalue weighted by atomic mass is 16.4. The summed E-state index contributed by atoms with van der Waals surface area (Å²) in [5.74, 6) is -0.609. The van der Waals surface area contributed by atoms with Crippen LogP contribution in [-0.4, -0.2) is 32.2 Å². The van der Waals surface area contributed by atoms with Crippen LogP contribution in [0.2, 0.25) is 0 Å². The van der Waals surface area contributed by atoms with E-state index in [0.717, 1.165) is 12.8 Å². The highest BCUT2D eigenvalue weighted by Crippen LogP contribution is 2.12. The van der Waals surface area contributed by atoms with Crippen molar-refractivity contribution in [1.29, 1.82) is 0 Å². The first-order valence-corrected chi connectivity index (χ1v) is 6.62. The van der Waals surface area contributed by atoms with Crippen LogP contribution in [0.15, 0.2) is 24.3 Å². The summed E-state index contributed by atoms with van der Waals surface area (Å²) >= 11 is 0. The summed E-state index contributed by atoms with van der Waals surface area (Å²) < 4.78 is 0. The van der Waals surface area contributed by atoms with Crippen LogP contribution in [0, 0.1) is 0 Å². The zero-order chi connectivity index (χ0) is 15.2. The number of hydrogen-bond acceptors (Lipinski definition) is 4. The molecule has 0 aliphatic rings. The normalized spacial score (nSPS) is 10.3. The summed E-state index contributed by atoms with van der Waals surface area (Å²) in [4.78, 5) is 26.8. The van der Waals surface area contributed by atoms with Gasteiger partial charge in [0.1, 0.15) is 5.82 Å². The van der Waals surface area contributed by atoms with Crippen molar-refractivity contribution in [3.8, 4) is 0 Å². The number of aryl methyl sites for hydroxylation is 1. The van der Waals surface area contributed by atoms with Crippen LogP contribution in [0.1, 0.15) is 35.4 Å². The van der Waals surface area contributed by atoms with Gasteiger partial charge in [-0.05, 0) is 24.1 Å². The summed E-state index contributed by atoms with van der Waals surface area (Å²) in [7, 11) is 0. The maximum Gasteiger partial charge on any atom is 0.307 e. The number of rotatable bonds is 6. The lowest BCUT2D eigenvalue weighted by molar-refractivity contribution is -0.136. The predicted octanol–water partition coefficient (Wildman–Crippen LogP) is 1.64. The smallest absolute Gasteiger partial charge is 0.307 e. The molecule has 3 N–H and O–H groups in total. The third-order valence-corrected chi connectivity index (χ3v) is 2.76. The second-order valence-corrected chi connectivity index (χ2v) is 4.58. The zero-order valence-corrected chi connectivity index (χ0v) is 11.6. The van der Waals surface area contributed by atoms with E-state index in [1.807, 2.05) is 6.92 Å². The SMILES string of the molecule is CCCc1nc(C(=O)Nc2cccc(CC(=O)O)c2)n[nH]1. The number of hydrogen-bond donors (Lipinski definition) is 3. The lowest BCUT2D eigenvalue weighted by atomic mass is 10.1. The first kappa shape index (κ1) is 14.7. The number of benzene rings is 1. The number of anilines is 1. The molecule has 0 bridgehead atoms. The van der Waals surface area contributed by atoms with Crippen molar-refractivity contribution in [3.63, 3.8) is 0 Å². The van der Waals surface area contributed by atoms with Gasteiger partial charge in [-0.3, -0.25) is 14.7 Å². The maximum absolute atomic E-state index is 12.0.